The Bertz CT molecular complexity index is 1110. The standard InChI is InChI=1S/C22H21ClF3N5O/c23-20-18(30-12-10-29(11-13-30)9-8-16-4-2-1-3-5-16)15-28-31(21(20)32)19-7-6-17(14-27-19)22(24,25)26/h1-7,14-15H,8-13H2. The Morgan fingerprint density at radius 2 is 1.69 bits per heavy atom. The molecule has 4 rings (SSSR count). The highest BCUT2D eigenvalue weighted by Gasteiger charge is 2.31. The molecule has 2 aromatic heterocycles. The van der Waals surface area contributed by atoms with Gasteiger partial charge in [-0.3, -0.25) is 9.69 Å². The van der Waals surface area contributed by atoms with Gasteiger partial charge in [-0.2, -0.15) is 23.0 Å². The first-order valence-electron chi connectivity index (χ1n) is 10.2. The van der Waals surface area contributed by atoms with E-state index in [4.69, 9.17) is 11.6 Å². The average Bonchev–Trinajstić information content (AvgIpc) is 2.80. The highest BCUT2D eigenvalue weighted by molar-refractivity contribution is 6.33. The average molecular weight is 464 g/mol. The van der Waals surface area contributed by atoms with Crippen LogP contribution in [0.25, 0.3) is 5.82 Å². The van der Waals surface area contributed by atoms with Crippen LogP contribution in [0.3, 0.4) is 0 Å². The Kier molecular flexibility index (Phi) is 6.48. The summed E-state index contributed by atoms with van der Waals surface area (Å²) in [6.45, 7) is 3.99. The predicted molar refractivity (Wildman–Crippen MR) is 116 cm³/mol. The van der Waals surface area contributed by atoms with Gasteiger partial charge < -0.3 is 4.90 Å². The summed E-state index contributed by atoms with van der Waals surface area (Å²) in [6.07, 6.45) is -1.41. The maximum absolute atomic E-state index is 12.7. The van der Waals surface area contributed by atoms with Gasteiger partial charge >= 0.3 is 6.18 Å². The third-order valence-corrected chi connectivity index (χ3v) is 5.82. The maximum Gasteiger partial charge on any atom is 0.417 e. The normalized spacial score (nSPS) is 15.2. The number of piperazine rings is 1. The summed E-state index contributed by atoms with van der Waals surface area (Å²) < 4.78 is 39.1. The van der Waals surface area contributed by atoms with Crippen LogP contribution < -0.4 is 10.5 Å². The molecule has 0 unspecified atom stereocenters. The number of aromatic nitrogens is 3. The van der Waals surface area contributed by atoms with Crippen LogP contribution in [0.15, 0.2) is 59.7 Å². The molecule has 168 valence electrons. The molecule has 0 saturated carbocycles. The minimum Gasteiger partial charge on any atom is -0.366 e. The van der Waals surface area contributed by atoms with Crippen molar-refractivity contribution in [3.63, 3.8) is 0 Å². The summed E-state index contributed by atoms with van der Waals surface area (Å²) >= 11 is 6.33. The topological polar surface area (TPSA) is 54.3 Å². The largest absolute Gasteiger partial charge is 0.417 e. The third kappa shape index (κ3) is 4.94. The fraction of sp³-hybridized carbons (Fsp3) is 0.318. The molecule has 1 aliphatic rings. The van der Waals surface area contributed by atoms with Gasteiger partial charge in [0.2, 0.25) is 0 Å². The van der Waals surface area contributed by atoms with Gasteiger partial charge in [0.15, 0.2) is 5.82 Å². The van der Waals surface area contributed by atoms with Crippen molar-refractivity contribution in [1.82, 2.24) is 19.7 Å². The molecular weight excluding hydrogens is 443 g/mol. The van der Waals surface area contributed by atoms with Crippen molar-refractivity contribution in [2.75, 3.05) is 37.6 Å². The minimum absolute atomic E-state index is 0.0258. The van der Waals surface area contributed by atoms with Crippen LogP contribution in [0.5, 0.6) is 0 Å². The molecule has 1 aromatic carbocycles. The lowest BCUT2D eigenvalue weighted by Crippen LogP contribution is -2.47. The maximum atomic E-state index is 12.7. The molecule has 0 atom stereocenters. The quantitative estimate of drug-likeness (QED) is 0.578. The first-order chi connectivity index (χ1) is 15.3. The lowest BCUT2D eigenvalue weighted by molar-refractivity contribution is -0.137. The van der Waals surface area contributed by atoms with E-state index in [1.54, 1.807) is 0 Å². The number of alkyl halides is 3. The SMILES string of the molecule is O=c1c(Cl)c(N2CCN(CCc3ccccc3)CC2)cnn1-c1ccc(C(F)(F)F)cn1. The Labute approximate surface area is 187 Å². The van der Waals surface area contributed by atoms with E-state index in [1.807, 2.05) is 23.1 Å². The fourth-order valence-electron chi connectivity index (χ4n) is 3.63. The van der Waals surface area contributed by atoms with E-state index in [9.17, 15) is 18.0 Å². The Morgan fingerprint density at radius 3 is 2.31 bits per heavy atom. The molecule has 0 N–H and O–H groups in total. The number of anilines is 1. The van der Waals surface area contributed by atoms with Crippen LogP contribution >= 0.6 is 11.6 Å². The molecule has 1 aliphatic heterocycles. The van der Waals surface area contributed by atoms with E-state index in [0.717, 1.165) is 42.9 Å². The molecule has 3 aromatic rings. The van der Waals surface area contributed by atoms with Crippen LogP contribution in [-0.2, 0) is 12.6 Å². The van der Waals surface area contributed by atoms with Gasteiger partial charge in [-0.15, -0.1) is 0 Å². The lowest BCUT2D eigenvalue weighted by atomic mass is 10.1. The van der Waals surface area contributed by atoms with E-state index < -0.39 is 17.3 Å². The van der Waals surface area contributed by atoms with Gasteiger partial charge in [0.25, 0.3) is 5.56 Å². The molecule has 6 nitrogen and oxygen atoms in total. The number of hydrogen-bond donors (Lipinski definition) is 0. The number of halogens is 4. The van der Waals surface area contributed by atoms with Crippen molar-refractivity contribution in [2.24, 2.45) is 0 Å². The first-order valence-corrected chi connectivity index (χ1v) is 10.5. The smallest absolute Gasteiger partial charge is 0.366 e. The highest BCUT2D eigenvalue weighted by Crippen LogP contribution is 2.29. The Morgan fingerprint density at radius 1 is 0.969 bits per heavy atom. The molecule has 0 radical (unpaired) electrons. The van der Waals surface area contributed by atoms with Crippen molar-refractivity contribution in [3.05, 3.63) is 81.4 Å². The molecule has 0 bridgehead atoms. The summed E-state index contributed by atoms with van der Waals surface area (Å²) in [4.78, 5) is 20.8. The van der Waals surface area contributed by atoms with Crippen LogP contribution in [0.1, 0.15) is 11.1 Å². The van der Waals surface area contributed by atoms with E-state index in [0.29, 0.717) is 25.0 Å². The molecule has 10 heteroatoms. The predicted octanol–water partition coefficient (Wildman–Crippen LogP) is 3.66. The van der Waals surface area contributed by atoms with Crippen molar-refractivity contribution in [2.45, 2.75) is 12.6 Å². The zero-order valence-corrected chi connectivity index (χ0v) is 17.9. The van der Waals surface area contributed by atoms with Crippen molar-refractivity contribution < 1.29 is 13.2 Å². The number of hydrogen-bond acceptors (Lipinski definition) is 5. The van der Waals surface area contributed by atoms with E-state index >= 15 is 0 Å². The number of pyridine rings is 1. The van der Waals surface area contributed by atoms with Crippen molar-refractivity contribution in [3.8, 4) is 5.82 Å². The van der Waals surface area contributed by atoms with E-state index in [1.165, 1.54) is 11.8 Å². The van der Waals surface area contributed by atoms with E-state index in [2.05, 4.69) is 27.1 Å². The molecule has 3 heterocycles. The van der Waals surface area contributed by atoms with Crippen LogP contribution in [0.2, 0.25) is 5.02 Å². The molecular formula is C22H21ClF3N5O. The van der Waals surface area contributed by atoms with Gasteiger partial charge in [-0.1, -0.05) is 41.9 Å². The monoisotopic (exact) mass is 463 g/mol. The third-order valence-electron chi connectivity index (χ3n) is 5.47. The van der Waals surface area contributed by atoms with Crippen LogP contribution in [-0.4, -0.2) is 52.4 Å². The molecule has 0 aliphatic carbocycles. The Balaban J connectivity index is 1.42. The van der Waals surface area contributed by atoms with Gasteiger partial charge in [0, 0.05) is 38.9 Å². The summed E-state index contributed by atoms with van der Waals surface area (Å²) in [7, 11) is 0. The number of rotatable bonds is 5. The lowest BCUT2D eigenvalue weighted by Gasteiger charge is -2.36. The summed E-state index contributed by atoms with van der Waals surface area (Å²) in [6, 6.07) is 12.2. The second kappa shape index (κ2) is 9.30. The highest BCUT2D eigenvalue weighted by atomic mass is 35.5. The fourth-order valence-corrected chi connectivity index (χ4v) is 3.88. The van der Waals surface area contributed by atoms with Crippen LogP contribution in [0.4, 0.5) is 18.9 Å². The van der Waals surface area contributed by atoms with E-state index in [-0.39, 0.29) is 10.8 Å². The number of benzene rings is 1. The minimum atomic E-state index is -4.51. The molecule has 32 heavy (non-hydrogen) atoms. The van der Waals surface area contributed by atoms with Gasteiger partial charge in [-0.25, -0.2) is 4.98 Å². The van der Waals surface area contributed by atoms with Gasteiger partial charge in [0.1, 0.15) is 5.02 Å². The summed E-state index contributed by atoms with van der Waals surface area (Å²) in [5, 5.41) is 4.06. The molecule has 1 saturated heterocycles. The summed E-state index contributed by atoms with van der Waals surface area (Å²) in [5.41, 5.74) is 0.287. The zero-order chi connectivity index (χ0) is 22.7. The second-order valence-corrected chi connectivity index (χ2v) is 7.91. The van der Waals surface area contributed by atoms with Crippen molar-refractivity contribution >= 4 is 17.3 Å². The zero-order valence-electron chi connectivity index (χ0n) is 17.1. The first kappa shape index (κ1) is 22.3. The Hall–Kier alpha value is -2.91. The van der Waals surface area contributed by atoms with Crippen LogP contribution in [0, 0.1) is 0 Å². The van der Waals surface area contributed by atoms with Gasteiger partial charge in [-0.05, 0) is 24.1 Å². The molecule has 0 amide bonds. The molecule has 0 spiro atoms. The van der Waals surface area contributed by atoms with Crippen molar-refractivity contribution in [1.29, 1.82) is 0 Å². The second-order valence-electron chi connectivity index (χ2n) is 7.53. The number of nitrogens with zero attached hydrogens (tertiary/aromatic N) is 5. The molecule has 1 fully saturated rings. The van der Waals surface area contributed by atoms with Gasteiger partial charge in [0.05, 0.1) is 17.4 Å². The summed E-state index contributed by atoms with van der Waals surface area (Å²) in [5.74, 6) is -0.0258.